The number of benzene rings is 1. The molecule has 1 aromatic carbocycles. The zero-order valence-corrected chi connectivity index (χ0v) is 13.1. The summed E-state index contributed by atoms with van der Waals surface area (Å²) >= 11 is 0. The molecule has 2 heterocycles. The second-order valence-electron chi connectivity index (χ2n) is 6.54. The molecule has 1 aromatic heterocycles. The van der Waals surface area contributed by atoms with Crippen LogP contribution in [0, 0.1) is 0 Å². The second-order valence-corrected chi connectivity index (χ2v) is 6.54. The van der Waals surface area contributed by atoms with Crippen LogP contribution in [0.15, 0.2) is 36.5 Å². The molecule has 0 radical (unpaired) electrons. The van der Waals surface area contributed by atoms with E-state index in [0.717, 1.165) is 23.1 Å². The fraction of sp³-hybridized carbons (Fsp3) is 0.421. The minimum absolute atomic E-state index is 0.124. The standard InChI is InChI=1S/C19H21NO2/c1-12(2)15-4-3-5-17-19(15)22-18(11-21-17)16-9-8-14(10-20-16)13-6-7-13/h3-5,8-10,12-13,18H,6-7,11H2,1-2H3/t18-/m0/s1. The number of aromatic nitrogens is 1. The van der Waals surface area contributed by atoms with E-state index < -0.39 is 0 Å². The fourth-order valence-corrected chi connectivity index (χ4v) is 2.98. The van der Waals surface area contributed by atoms with E-state index >= 15 is 0 Å². The molecule has 1 aliphatic heterocycles. The highest BCUT2D eigenvalue weighted by Crippen LogP contribution is 2.42. The Morgan fingerprint density at radius 2 is 2.00 bits per heavy atom. The van der Waals surface area contributed by atoms with Crippen LogP contribution in [-0.4, -0.2) is 11.6 Å². The Bertz CT molecular complexity index is 674. The number of para-hydroxylation sites is 1. The molecule has 0 amide bonds. The van der Waals surface area contributed by atoms with E-state index in [-0.39, 0.29) is 6.10 Å². The topological polar surface area (TPSA) is 31.4 Å². The van der Waals surface area contributed by atoms with Crippen molar-refractivity contribution in [2.75, 3.05) is 6.61 Å². The molecule has 0 N–H and O–H groups in total. The molecule has 0 bridgehead atoms. The van der Waals surface area contributed by atoms with Gasteiger partial charge in [0.25, 0.3) is 0 Å². The van der Waals surface area contributed by atoms with Gasteiger partial charge in [-0.3, -0.25) is 4.98 Å². The van der Waals surface area contributed by atoms with Gasteiger partial charge in [-0.1, -0.05) is 32.0 Å². The van der Waals surface area contributed by atoms with Gasteiger partial charge in [-0.15, -0.1) is 0 Å². The maximum Gasteiger partial charge on any atom is 0.174 e. The molecule has 1 atom stereocenters. The molecule has 4 rings (SSSR count). The summed E-state index contributed by atoms with van der Waals surface area (Å²) in [6.45, 7) is 4.86. The Kier molecular flexibility index (Phi) is 3.29. The molecule has 2 aromatic rings. The summed E-state index contributed by atoms with van der Waals surface area (Å²) in [5.74, 6) is 2.86. The van der Waals surface area contributed by atoms with Crippen LogP contribution in [0.4, 0.5) is 0 Å². The molecule has 1 aliphatic carbocycles. The number of fused-ring (bicyclic) bond motifs is 1. The zero-order valence-electron chi connectivity index (χ0n) is 13.1. The third-order valence-electron chi connectivity index (χ3n) is 4.47. The van der Waals surface area contributed by atoms with E-state index in [1.54, 1.807) is 0 Å². The van der Waals surface area contributed by atoms with Crippen molar-refractivity contribution < 1.29 is 9.47 Å². The van der Waals surface area contributed by atoms with Crippen molar-refractivity contribution in [3.05, 3.63) is 53.3 Å². The molecule has 0 unspecified atom stereocenters. The van der Waals surface area contributed by atoms with Crippen LogP contribution in [0.2, 0.25) is 0 Å². The van der Waals surface area contributed by atoms with Crippen LogP contribution < -0.4 is 9.47 Å². The maximum atomic E-state index is 6.24. The maximum absolute atomic E-state index is 6.24. The molecule has 2 aliphatic rings. The van der Waals surface area contributed by atoms with Crippen molar-refractivity contribution in [3.8, 4) is 11.5 Å². The first-order valence-electron chi connectivity index (χ1n) is 8.10. The first-order chi connectivity index (χ1) is 10.7. The summed E-state index contributed by atoms with van der Waals surface area (Å²) < 4.78 is 12.1. The molecule has 22 heavy (non-hydrogen) atoms. The Balaban J connectivity index is 1.60. The molecule has 1 saturated carbocycles. The van der Waals surface area contributed by atoms with Gasteiger partial charge in [0.2, 0.25) is 0 Å². The van der Waals surface area contributed by atoms with Crippen LogP contribution in [0.25, 0.3) is 0 Å². The lowest BCUT2D eigenvalue weighted by Crippen LogP contribution is -2.23. The van der Waals surface area contributed by atoms with E-state index in [9.17, 15) is 0 Å². The molecule has 1 fully saturated rings. The fourth-order valence-electron chi connectivity index (χ4n) is 2.98. The Morgan fingerprint density at radius 3 is 2.68 bits per heavy atom. The summed E-state index contributed by atoms with van der Waals surface area (Å²) in [5, 5.41) is 0. The summed E-state index contributed by atoms with van der Waals surface area (Å²) in [5.41, 5.74) is 3.49. The van der Waals surface area contributed by atoms with E-state index in [2.05, 4.69) is 37.0 Å². The molecule has 3 heteroatoms. The van der Waals surface area contributed by atoms with Crippen molar-refractivity contribution >= 4 is 0 Å². The summed E-state index contributed by atoms with van der Waals surface area (Å²) in [7, 11) is 0. The Hall–Kier alpha value is -2.03. The predicted octanol–water partition coefficient (Wildman–Crippen LogP) is 4.59. The first kappa shape index (κ1) is 13.6. The smallest absolute Gasteiger partial charge is 0.174 e. The highest BCUT2D eigenvalue weighted by atomic mass is 16.6. The van der Waals surface area contributed by atoms with Gasteiger partial charge in [-0.2, -0.15) is 0 Å². The number of ether oxygens (including phenoxy) is 2. The van der Waals surface area contributed by atoms with E-state index in [1.165, 1.54) is 24.0 Å². The van der Waals surface area contributed by atoms with Gasteiger partial charge in [-0.05, 0) is 42.4 Å². The zero-order chi connectivity index (χ0) is 15.1. The second kappa shape index (κ2) is 5.31. The third-order valence-corrected chi connectivity index (χ3v) is 4.47. The number of hydrogen-bond donors (Lipinski definition) is 0. The molecule has 3 nitrogen and oxygen atoms in total. The van der Waals surface area contributed by atoms with Crippen LogP contribution in [0.1, 0.15) is 61.4 Å². The lowest BCUT2D eigenvalue weighted by molar-refractivity contribution is 0.0866. The Labute approximate surface area is 131 Å². The van der Waals surface area contributed by atoms with Gasteiger partial charge >= 0.3 is 0 Å². The van der Waals surface area contributed by atoms with Gasteiger partial charge in [-0.25, -0.2) is 0 Å². The van der Waals surface area contributed by atoms with Crippen LogP contribution in [0.3, 0.4) is 0 Å². The molecule has 0 saturated heterocycles. The predicted molar refractivity (Wildman–Crippen MR) is 85.6 cm³/mol. The monoisotopic (exact) mass is 295 g/mol. The highest BCUT2D eigenvalue weighted by Gasteiger charge is 2.28. The van der Waals surface area contributed by atoms with Crippen molar-refractivity contribution in [2.24, 2.45) is 0 Å². The van der Waals surface area contributed by atoms with Crippen molar-refractivity contribution in [2.45, 2.75) is 44.6 Å². The lowest BCUT2D eigenvalue weighted by atomic mass is 10.0. The summed E-state index contributed by atoms with van der Waals surface area (Å²) in [6.07, 6.45) is 4.48. The minimum atomic E-state index is -0.124. The number of hydrogen-bond acceptors (Lipinski definition) is 3. The van der Waals surface area contributed by atoms with Crippen molar-refractivity contribution in [1.29, 1.82) is 0 Å². The Morgan fingerprint density at radius 1 is 1.14 bits per heavy atom. The average Bonchev–Trinajstić information content (AvgIpc) is 3.39. The average molecular weight is 295 g/mol. The van der Waals surface area contributed by atoms with Crippen LogP contribution in [-0.2, 0) is 0 Å². The molecule has 0 spiro atoms. The van der Waals surface area contributed by atoms with Crippen LogP contribution in [0.5, 0.6) is 11.5 Å². The summed E-state index contributed by atoms with van der Waals surface area (Å²) in [6, 6.07) is 10.4. The minimum Gasteiger partial charge on any atom is -0.485 e. The number of rotatable bonds is 3. The lowest BCUT2D eigenvalue weighted by Gasteiger charge is -2.28. The van der Waals surface area contributed by atoms with Gasteiger partial charge in [0.15, 0.2) is 17.6 Å². The largest absolute Gasteiger partial charge is 0.485 e. The molecular formula is C19H21NO2. The third kappa shape index (κ3) is 2.45. The molecule has 114 valence electrons. The van der Waals surface area contributed by atoms with Gasteiger partial charge in [0.1, 0.15) is 6.61 Å². The van der Waals surface area contributed by atoms with Gasteiger partial charge in [0.05, 0.1) is 5.69 Å². The quantitative estimate of drug-likeness (QED) is 0.829. The summed E-state index contributed by atoms with van der Waals surface area (Å²) in [4.78, 5) is 4.61. The number of nitrogens with zero attached hydrogens (tertiary/aromatic N) is 1. The van der Waals surface area contributed by atoms with E-state index in [4.69, 9.17) is 9.47 Å². The molecular weight excluding hydrogens is 274 g/mol. The number of pyridine rings is 1. The van der Waals surface area contributed by atoms with Gasteiger partial charge < -0.3 is 9.47 Å². The van der Waals surface area contributed by atoms with E-state index in [1.807, 2.05) is 18.3 Å². The van der Waals surface area contributed by atoms with Gasteiger partial charge in [0, 0.05) is 11.8 Å². The highest BCUT2D eigenvalue weighted by molar-refractivity contribution is 5.49. The van der Waals surface area contributed by atoms with Crippen molar-refractivity contribution in [1.82, 2.24) is 4.98 Å². The van der Waals surface area contributed by atoms with Crippen LogP contribution >= 0.6 is 0 Å². The first-order valence-corrected chi connectivity index (χ1v) is 8.10. The van der Waals surface area contributed by atoms with Crippen molar-refractivity contribution in [3.63, 3.8) is 0 Å². The SMILES string of the molecule is CC(C)c1cccc2c1O[C@H](c1ccc(C3CC3)cn1)CO2. The van der Waals surface area contributed by atoms with E-state index in [0.29, 0.717) is 12.5 Å². The normalized spacial score (nSPS) is 20.2.